The second kappa shape index (κ2) is 9.33. The number of hydrogen-bond donors (Lipinski definition) is 0. The van der Waals surface area contributed by atoms with Crippen LogP contribution in [0.2, 0.25) is 0 Å². The zero-order valence-electron chi connectivity index (χ0n) is 7.53. The fourth-order valence-corrected chi connectivity index (χ4v) is 0.362. The Morgan fingerprint density at radius 3 is 2.77 bits per heavy atom. The fourth-order valence-electron chi connectivity index (χ4n) is 0.362. The molecule has 0 bridgehead atoms. The third-order valence-corrected chi connectivity index (χ3v) is 0.775. The largest absolute Gasteiger partial charge is 1.00 e. The number of carbonyl (C=O) groups is 1. The first-order valence-electron chi connectivity index (χ1n) is 3.13. The van der Waals surface area contributed by atoms with Gasteiger partial charge in [0.05, 0.1) is 6.92 Å². The number of esters is 1. The SMILES string of the molecule is CC(=[OH+])OCC([O-])=C=C=CC=O.[Na+]. The molecular weight excluding hydrogens is 183 g/mol. The van der Waals surface area contributed by atoms with E-state index in [2.05, 4.69) is 16.2 Å². The van der Waals surface area contributed by atoms with Crippen LogP contribution < -0.4 is 34.7 Å². The van der Waals surface area contributed by atoms with Gasteiger partial charge in [0.1, 0.15) is 0 Å². The summed E-state index contributed by atoms with van der Waals surface area (Å²) in [6.45, 7) is 1.00. The average Bonchev–Trinajstić information content (AvgIpc) is 2.01. The van der Waals surface area contributed by atoms with Crippen molar-refractivity contribution in [2.75, 3.05) is 6.61 Å². The van der Waals surface area contributed by atoms with E-state index in [9.17, 15) is 9.90 Å². The zero-order chi connectivity index (χ0) is 9.40. The van der Waals surface area contributed by atoms with Gasteiger partial charge in [0, 0.05) is 6.08 Å². The van der Waals surface area contributed by atoms with E-state index in [1.165, 1.54) is 6.92 Å². The molecule has 13 heavy (non-hydrogen) atoms. The molecule has 0 atom stereocenters. The molecule has 0 aliphatic heterocycles. The van der Waals surface area contributed by atoms with Crippen LogP contribution in [0.15, 0.2) is 23.3 Å². The second-order valence-corrected chi connectivity index (χ2v) is 1.80. The van der Waals surface area contributed by atoms with E-state index in [0.717, 1.165) is 6.08 Å². The van der Waals surface area contributed by atoms with E-state index in [1.54, 1.807) is 0 Å². The van der Waals surface area contributed by atoms with Crippen LogP contribution in [-0.4, -0.2) is 23.7 Å². The van der Waals surface area contributed by atoms with Crippen molar-refractivity contribution in [1.29, 1.82) is 0 Å². The molecule has 0 aliphatic rings. The molecular formula is C8H8NaO4+. The van der Waals surface area contributed by atoms with Crippen molar-refractivity contribution in [2.45, 2.75) is 6.92 Å². The zero-order valence-corrected chi connectivity index (χ0v) is 9.53. The van der Waals surface area contributed by atoms with Crippen molar-refractivity contribution in [3.05, 3.63) is 23.3 Å². The van der Waals surface area contributed by atoms with Gasteiger partial charge in [-0.3, -0.25) is 4.79 Å². The van der Waals surface area contributed by atoms with Crippen LogP contribution in [0.25, 0.3) is 0 Å². The molecule has 5 heteroatoms. The summed E-state index contributed by atoms with van der Waals surface area (Å²) >= 11 is 0. The van der Waals surface area contributed by atoms with Crippen LogP contribution in [0.1, 0.15) is 6.92 Å². The summed E-state index contributed by atoms with van der Waals surface area (Å²) in [6, 6.07) is 0. The van der Waals surface area contributed by atoms with Crippen molar-refractivity contribution in [3.63, 3.8) is 0 Å². The van der Waals surface area contributed by atoms with Crippen molar-refractivity contribution >= 4 is 12.3 Å². The number of ether oxygens (including phenoxy) is 1. The summed E-state index contributed by atoms with van der Waals surface area (Å²) in [5, 5.41) is 10.7. The van der Waals surface area contributed by atoms with Gasteiger partial charge in [-0.15, -0.1) is 0 Å². The van der Waals surface area contributed by atoms with Crippen LogP contribution in [0, 0.1) is 0 Å². The first-order valence-corrected chi connectivity index (χ1v) is 3.13. The van der Waals surface area contributed by atoms with E-state index in [1.807, 2.05) is 0 Å². The molecule has 1 N–H and O–H groups in total. The predicted molar refractivity (Wildman–Crippen MR) is 39.7 cm³/mol. The molecule has 0 aromatic rings. The minimum Gasteiger partial charge on any atom is -0.865 e. The molecule has 0 aliphatic carbocycles. The maximum absolute atomic E-state index is 10.7. The van der Waals surface area contributed by atoms with Gasteiger partial charge in [0.25, 0.3) is 0 Å². The maximum Gasteiger partial charge on any atom is 1.00 e. The average molecular weight is 191 g/mol. The first-order chi connectivity index (χ1) is 5.66. The molecule has 0 unspecified atom stereocenters. The van der Waals surface area contributed by atoms with E-state index in [-0.39, 0.29) is 42.1 Å². The summed E-state index contributed by atoms with van der Waals surface area (Å²) in [7, 11) is 0. The van der Waals surface area contributed by atoms with E-state index in [0.29, 0.717) is 6.29 Å². The first kappa shape index (κ1) is 14.7. The molecule has 0 saturated carbocycles. The number of rotatable bonds is 3. The molecule has 0 aromatic heterocycles. The Morgan fingerprint density at radius 1 is 1.69 bits per heavy atom. The Morgan fingerprint density at radius 2 is 2.31 bits per heavy atom. The quantitative estimate of drug-likeness (QED) is 0.0876. The molecule has 0 heterocycles. The van der Waals surface area contributed by atoms with E-state index in [4.69, 9.17) is 4.79 Å². The normalized spacial score (nSPS) is 6.85. The molecule has 4 nitrogen and oxygen atoms in total. The molecule has 64 valence electrons. The number of aldehydes is 1. The van der Waals surface area contributed by atoms with Gasteiger partial charge >= 0.3 is 35.5 Å². The fraction of sp³-hybridized carbons (Fsp3) is 0.250. The van der Waals surface area contributed by atoms with Gasteiger partial charge in [0.2, 0.25) is 6.61 Å². The van der Waals surface area contributed by atoms with Gasteiger partial charge in [0.15, 0.2) is 6.29 Å². The van der Waals surface area contributed by atoms with Gasteiger partial charge in [-0.1, -0.05) is 11.5 Å². The van der Waals surface area contributed by atoms with Crippen molar-refractivity contribution in [2.24, 2.45) is 0 Å². The van der Waals surface area contributed by atoms with Crippen molar-refractivity contribution < 1.29 is 49.0 Å². The van der Waals surface area contributed by atoms with E-state index >= 15 is 0 Å². The minimum atomic E-state index is -0.499. The smallest absolute Gasteiger partial charge is 0.865 e. The molecule has 0 rings (SSSR count). The van der Waals surface area contributed by atoms with Crippen LogP contribution in [0.4, 0.5) is 0 Å². The summed E-state index contributed by atoms with van der Waals surface area (Å²) < 4.78 is 4.45. The molecule has 0 spiro atoms. The monoisotopic (exact) mass is 191 g/mol. The molecule has 0 aromatic carbocycles. The van der Waals surface area contributed by atoms with Gasteiger partial charge < -0.3 is 14.6 Å². The number of hydrogen-bond acceptors (Lipinski definition) is 3. The standard InChI is InChI=1S/C8H8O4.Na/c1-7(10)12-6-8(11)4-2-3-5-9;/h3,5,11H,6H2,1H3;/q;+1. The Hall–Kier alpha value is -0.760. The number of carbonyl (C=O) groups excluding carboxylic acids is 2. The van der Waals surface area contributed by atoms with Crippen molar-refractivity contribution in [1.82, 2.24) is 0 Å². The summed E-state index contributed by atoms with van der Waals surface area (Å²) in [5.41, 5.74) is 4.31. The minimum absolute atomic E-state index is 0. The summed E-state index contributed by atoms with van der Waals surface area (Å²) in [5.74, 6) is -0.786. The van der Waals surface area contributed by atoms with Gasteiger partial charge in [-0.05, 0) is 5.76 Å². The summed E-state index contributed by atoms with van der Waals surface area (Å²) in [4.78, 5) is 18.2. The second-order valence-electron chi connectivity index (χ2n) is 1.80. The van der Waals surface area contributed by atoms with Crippen LogP contribution in [-0.2, 0) is 9.53 Å². The Balaban J connectivity index is 0. The Labute approximate surface area is 97.9 Å². The van der Waals surface area contributed by atoms with Crippen LogP contribution >= 0.6 is 0 Å². The topological polar surface area (TPSA) is 70.8 Å². The third kappa shape index (κ3) is 11.2. The third-order valence-electron chi connectivity index (χ3n) is 0.775. The molecule has 0 amide bonds. The number of allylic oxidation sites excluding steroid dienone is 1. The molecule has 0 saturated heterocycles. The molecule has 0 radical (unpaired) electrons. The van der Waals surface area contributed by atoms with Crippen LogP contribution in [0.5, 0.6) is 0 Å². The Bertz CT molecular complexity index is 270. The molecule has 0 fully saturated rings. The summed E-state index contributed by atoms with van der Waals surface area (Å²) in [6.07, 6.45) is 1.48. The van der Waals surface area contributed by atoms with E-state index < -0.39 is 5.76 Å². The maximum atomic E-state index is 10.7. The van der Waals surface area contributed by atoms with Crippen LogP contribution in [0.3, 0.4) is 0 Å². The van der Waals surface area contributed by atoms with Gasteiger partial charge in [-0.25, -0.2) is 0 Å². The predicted octanol–water partition coefficient (Wildman–Crippen LogP) is -3.72. The Kier molecular flexibility index (Phi) is 10.6. The van der Waals surface area contributed by atoms with Gasteiger partial charge in [-0.2, -0.15) is 0 Å². The van der Waals surface area contributed by atoms with Crippen molar-refractivity contribution in [3.8, 4) is 0 Å².